The molecule has 0 aromatic heterocycles. The van der Waals surface area contributed by atoms with Crippen molar-refractivity contribution in [1.29, 1.82) is 0 Å². The van der Waals surface area contributed by atoms with Crippen LogP contribution in [-0.2, 0) is 20.8 Å². The van der Waals surface area contributed by atoms with Crippen molar-refractivity contribution in [2.24, 2.45) is 71.0 Å². The molecule has 4 fully saturated rings. The molecule has 0 bridgehead atoms. The maximum absolute atomic E-state index is 4.93. The summed E-state index contributed by atoms with van der Waals surface area (Å²) in [5.74, 6) is 12.3. The molecule has 0 aliphatic heterocycles. The van der Waals surface area contributed by atoms with Crippen molar-refractivity contribution in [1.82, 2.24) is 0 Å². The number of hydrogen-bond acceptors (Lipinski definition) is 0. The van der Waals surface area contributed by atoms with Crippen LogP contribution in [0.25, 0.3) is 0 Å². The quantitative estimate of drug-likeness (QED) is 0.261. The summed E-state index contributed by atoms with van der Waals surface area (Å²) in [6, 6.07) is 23.4. The molecule has 0 radical (unpaired) electrons. The second kappa shape index (κ2) is 17.3. The number of benzene rings is 2. The summed E-state index contributed by atoms with van der Waals surface area (Å²) in [6.07, 6.45) is 10.3. The van der Waals surface area contributed by atoms with E-state index in [0.717, 1.165) is 82.9 Å². The number of fused-ring (bicyclic) bond motifs is 2. The number of hydrogen-bond donors (Lipinski definition) is 0. The molecule has 4 saturated carbocycles. The van der Waals surface area contributed by atoms with Gasteiger partial charge in [-0.3, -0.25) is 0 Å². The summed E-state index contributed by atoms with van der Waals surface area (Å²) in [5, 5.41) is 0. The van der Waals surface area contributed by atoms with Gasteiger partial charge in [-0.15, -0.1) is 0 Å². The average molecular weight is 717 g/mol. The molecule has 0 amide bonds. The van der Waals surface area contributed by atoms with Crippen molar-refractivity contribution in [3.8, 4) is 0 Å². The molecule has 0 saturated heterocycles. The number of halogens is 2. The topological polar surface area (TPSA) is 0 Å². The summed E-state index contributed by atoms with van der Waals surface area (Å²) in [4.78, 5) is 0. The first kappa shape index (κ1) is 38.4. The van der Waals surface area contributed by atoms with Gasteiger partial charge in [-0.2, -0.15) is 0 Å². The van der Waals surface area contributed by atoms with Gasteiger partial charge in [0.15, 0.2) is 0 Å². The average Bonchev–Trinajstić information content (AvgIpc) is 3.48. The molecule has 2 aromatic carbocycles. The molecule has 3 heteroatoms. The zero-order chi connectivity index (χ0) is 30.0. The molecule has 4 aliphatic carbocycles. The predicted octanol–water partition coefficient (Wildman–Crippen LogP) is 13.1. The monoisotopic (exact) mass is 714 g/mol. The van der Waals surface area contributed by atoms with Gasteiger partial charge in [-0.25, -0.2) is 0 Å². The van der Waals surface area contributed by atoms with Crippen LogP contribution >= 0.6 is 17.0 Å². The fourth-order valence-corrected chi connectivity index (χ4v) is 10.9. The van der Waals surface area contributed by atoms with Crippen LogP contribution in [0.4, 0.5) is 0 Å². The van der Waals surface area contributed by atoms with Crippen molar-refractivity contribution in [3.05, 3.63) is 86.6 Å². The SMILES string of the molecule is CC(C)C1CC(c2ccccc2)C2CC(C)C(CC3C(C)CC4C(c5ccccc5)CC(C(C)C)CC34)C2C1.[CH3-].[CH3-].[Cl][Zr+2][Cl]. The minimum absolute atomic E-state index is 0. The third kappa shape index (κ3) is 8.30. The van der Waals surface area contributed by atoms with Crippen LogP contribution in [-0.4, -0.2) is 0 Å². The molecule has 0 heterocycles. The Morgan fingerprint density at radius 2 is 0.909 bits per heavy atom. The van der Waals surface area contributed by atoms with Gasteiger partial charge in [0.1, 0.15) is 0 Å². The first-order chi connectivity index (χ1) is 20.2. The third-order valence-electron chi connectivity index (χ3n) is 13.1. The first-order valence-electron chi connectivity index (χ1n) is 17.3. The van der Waals surface area contributed by atoms with E-state index in [0.29, 0.717) is 0 Å². The van der Waals surface area contributed by atoms with E-state index >= 15 is 0 Å². The molecule has 4 aliphatic rings. The van der Waals surface area contributed by atoms with Crippen molar-refractivity contribution >= 4 is 17.0 Å². The Hall–Kier alpha value is -0.0969. The van der Waals surface area contributed by atoms with Gasteiger partial charge in [0, 0.05) is 0 Å². The summed E-state index contributed by atoms with van der Waals surface area (Å²) in [5.41, 5.74) is 3.27. The van der Waals surface area contributed by atoms with E-state index in [9.17, 15) is 0 Å². The molecular weight excluding hydrogens is 655 g/mol. The molecule has 0 N–H and O–H groups in total. The molecule has 0 nitrogen and oxygen atoms in total. The second-order valence-electron chi connectivity index (χ2n) is 15.7. The summed E-state index contributed by atoms with van der Waals surface area (Å²) in [7, 11) is 9.87. The minimum atomic E-state index is -0.826. The molecule has 12 unspecified atom stereocenters. The van der Waals surface area contributed by atoms with Gasteiger partial charge < -0.3 is 14.9 Å². The Morgan fingerprint density at radius 3 is 1.23 bits per heavy atom. The Morgan fingerprint density at radius 1 is 0.568 bits per heavy atom. The Balaban J connectivity index is 0.00000102. The first-order valence-corrected chi connectivity index (χ1v) is 23.6. The van der Waals surface area contributed by atoms with Crippen molar-refractivity contribution in [3.63, 3.8) is 0 Å². The molecule has 244 valence electrons. The van der Waals surface area contributed by atoms with E-state index in [1.165, 1.54) is 44.9 Å². The van der Waals surface area contributed by atoms with Crippen molar-refractivity contribution in [2.45, 2.75) is 98.3 Å². The van der Waals surface area contributed by atoms with Gasteiger partial charge in [0.05, 0.1) is 0 Å². The van der Waals surface area contributed by atoms with Crippen LogP contribution in [0.15, 0.2) is 60.7 Å². The molecule has 12 atom stereocenters. The standard InChI is InChI=1S/C39H56.2CH3.2ClH.Zr/c1-24(2)30-19-34(28-13-9-7-10-14-28)36-17-26(5)32(38(36)21-30)23-33-27(6)18-37-35(29-15-11-8-12-16-29)20-31(25(3)4)22-39(33)37;;;;;/h7-16,24-27,30-39H,17-23H2,1-6H3;2*1H3;2*1H;/q;2*-1;;;+4/p-2. The van der Waals surface area contributed by atoms with Gasteiger partial charge in [0.25, 0.3) is 0 Å². The van der Waals surface area contributed by atoms with E-state index < -0.39 is 20.8 Å². The Labute approximate surface area is 291 Å². The molecule has 2 aromatic rings. The van der Waals surface area contributed by atoms with Gasteiger partial charge in [-0.1, -0.05) is 102 Å². The summed E-state index contributed by atoms with van der Waals surface area (Å²) in [6.45, 7) is 15.3. The van der Waals surface area contributed by atoms with E-state index in [1.807, 2.05) is 0 Å². The summed E-state index contributed by atoms with van der Waals surface area (Å²) >= 11 is -0.826. The van der Waals surface area contributed by atoms with Crippen LogP contribution in [0.3, 0.4) is 0 Å². The van der Waals surface area contributed by atoms with Crippen LogP contribution in [0.2, 0.25) is 0 Å². The second-order valence-corrected chi connectivity index (χ2v) is 19.4. The zero-order valence-corrected chi connectivity index (χ0v) is 33.0. The van der Waals surface area contributed by atoms with Crippen molar-refractivity contribution < 1.29 is 20.8 Å². The molecule has 0 spiro atoms. The van der Waals surface area contributed by atoms with Gasteiger partial charge in [0.2, 0.25) is 0 Å². The summed E-state index contributed by atoms with van der Waals surface area (Å²) < 4.78 is 0. The van der Waals surface area contributed by atoms with E-state index in [2.05, 4.69) is 102 Å². The van der Waals surface area contributed by atoms with Crippen molar-refractivity contribution in [2.75, 3.05) is 0 Å². The predicted molar refractivity (Wildman–Crippen MR) is 191 cm³/mol. The molecule has 44 heavy (non-hydrogen) atoms. The van der Waals surface area contributed by atoms with E-state index in [1.54, 1.807) is 11.1 Å². The Bertz CT molecular complexity index is 1000. The Kier molecular flexibility index (Phi) is 15.1. The fourth-order valence-electron chi connectivity index (χ4n) is 10.9. The third-order valence-corrected chi connectivity index (χ3v) is 13.1. The van der Waals surface area contributed by atoms with Crippen LogP contribution in [0.5, 0.6) is 0 Å². The maximum atomic E-state index is 4.93. The van der Waals surface area contributed by atoms with Gasteiger partial charge >= 0.3 is 37.9 Å². The van der Waals surface area contributed by atoms with Crippen LogP contribution in [0.1, 0.15) is 109 Å². The number of rotatable bonds is 6. The normalized spacial score (nSPS) is 37.5. The molecule has 6 rings (SSSR count). The van der Waals surface area contributed by atoms with Gasteiger partial charge in [-0.05, 0) is 139 Å². The van der Waals surface area contributed by atoms with Crippen LogP contribution < -0.4 is 0 Å². The van der Waals surface area contributed by atoms with Crippen LogP contribution in [0, 0.1) is 85.9 Å². The fraction of sp³-hybridized carbons (Fsp3) is 0.659. The molecular formula is C41H62Cl2Zr. The zero-order valence-electron chi connectivity index (χ0n) is 29.1. The van der Waals surface area contributed by atoms with E-state index in [-0.39, 0.29) is 14.9 Å². The van der Waals surface area contributed by atoms with E-state index in [4.69, 9.17) is 17.0 Å².